The van der Waals surface area contributed by atoms with Crippen LogP contribution < -0.4 is 14.8 Å². The van der Waals surface area contributed by atoms with Crippen LogP contribution in [0.3, 0.4) is 0 Å². The molecule has 0 saturated heterocycles. The number of nitrogens with one attached hydrogen (secondary N) is 2. The quantitative estimate of drug-likeness (QED) is 0.509. The van der Waals surface area contributed by atoms with Crippen LogP contribution in [-0.2, 0) is 21.2 Å². The predicted octanol–water partition coefficient (Wildman–Crippen LogP) is 4.23. The molecule has 1 amide bonds. The van der Waals surface area contributed by atoms with E-state index in [-0.39, 0.29) is 11.3 Å². The molecule has 6 nitrogen and oxygen atoms in total. The molecule has 3 aromatic rings. The Morgan fingerprint density at radius 1 is 0.906 bits per heavy atom. The minimum absolute atomic E-state index is 0.0684. The van der Waals surface area contributed by atoms with Crippen molar-refractivity contribution in [2.24, 2.45) is 0 Å². The van der Waals surface area contributed by atoms with Crippen LogP contribution in [0.2, 0.25) is 0 Å². The van der Waals surface area contributed by atoms with Crippen molar-refractivity contribution in [2.45, 2.75) is 38.1 Å². The Hall–Kier alpha value is -3.16. The SMILES string of the molecule is CCOc1ccc(S(=O)(=O)N[C@H](Cc2ccccc2)C(=O)Nc2c(C)cccc2C)cc1. The number of anilines is 1. The molecule has 0 radical (unpaired) electrons. The Kier molecular flexibility index (Phi) is 7.66. The van der Waals surface area contributed by atoms with Gasteiger partial charge in [-0.25, -0.2) is 8.42 Å². The largest absolute Gasteiger partial charge is 0.494 e. The van der Waals surface area contributed by atoms with E-state index in [1.54, 1.807) is 12.1 Å². The number of ether oxygens (including phenoxy) is 1. The van der Waals surface area contributed by atoms with Crippen LogP contribution in [0.5, 0.6) is 5.75 Å². The number of hydrogen-bond donors (Lipinski definition) is 2. The Bertz CT molecular complexity index is 1140. The third-order valence-electron chi connectivity index (χ3n) is 5.07. The number of rotatable bonds is 9. The first kappa shape index (κ1) is 23.5. The van der Waals surface area contributed by atoms with Gasteiger partial charge in [-0.2, -0.15) is 4.72 Å². The molecule has 0 aromatic heterocycles. The number of benzene rings is 3. The van der Waals surface area contributed by atoms with Crippen molar-refractivity contribution >= 4 is 21.6 Å². The first-order valence-corrected chi connectivity index (χ1v) is 11.9. The van der Waals surface area contributed by atoms with E-state index in [1.165, 1.54) is 12.1 Å². The second kappa shape index (κ2) is 10.4. The lowest BCUT2D eigenvalue weighted by atomic mass is 10.0. The lowest BCUT2D eigenvalue weighted by Gasteiger charge is -2.20. The molecule has 3 rings (SSSR count). The van der Waals surface area contributed by atoms with Gasteiger partial charge in [0.2, 0.25) is 15.9 Å². The van der Waals surface area contributed by atoms with Gasteiger partial charge in [0.05, 0.1) is 11.5 Å². The highest BCUT2D eigenvalue weighted by atomic mass is 32.2. The Balaban J connectivity index is 1.87. The highest BCUT2D eigenvalue weighted by molar-refractivity contribution is 7.89. The van der Waals surface area contributed by atoms with Crippen LogP contribution in [0.15, 0.2) is 77.7 Å². The van der Waals surface area contributed by atoms with Gasteiger partial charge in [0.1, 0.15) is 11.8 Å². The maximum atomic E-state index is 13.2. The molecule has 0 spiro atoms. The molecular weight excluding hydrogens is 424 g/mol. The zero-order valence-corrected chi connectivity index (χ0v) is 19.3. The third-order valence-corrected chi connectivity index (χ3v) is 6.56. The first-order chi connectivity index (χ1) is 15.3. The van der Waals surface area contributed by atoms with Crippen LogP contribution in [0.4, 0.5) is 5.69 Å². The Labute approximate surface area is 189 Å². The summed E-state index contributed by atoms with van der Waals surface area (Å²) in [4.78, 5) is 13.3. The molecule has 0 fully saturated rings. The summed E-state index contributed by atoms with van der Waals surface area (Å²) < 4.78 is 34.1. The van der Waals surface area contributed by atoms with Crippen molar-refractivity contribution in [1.29, 1.82) is 0 Å². The number of carbonyl (C=O) groups is 1. The van der Waals surface area contributed by atoms with Crippen LogP contribution in [0, 0.1) is 13.8 Å². The molecule has 168 valence electrons. The summed E-state index contributed by atoms with van der Waals surface area (Å²) in [6.07, 6.45) is 0.216. The van der Waals surface area contributed by atoms with Crippen molar-refractivity contribution in [3.05, 3.63) is 89.5 Å². The summed E-state index contributed by atoms with van der Waals surface area (Å²) in [6, 6.07) is 20.2. The molecule has 0 bridgehead atoms. The normalized spacial score (nSPS) is 12.2. The van der Waals surface area contributed by atoms with E-state index >= 15 is 0 Å². The lowest BCUT2D eigenvalue weighted by Crippen LogP contribution is -2.45. The minimum Gasteiger partial charge on any atom is -0.494 e. The lowest BCUT2D eigenvalue weighted by molar-refractivity contribution is -0.117. The molecule has 32 heavy (non-hydrogen) atoms. The highest BCUT2D eigenvalue weighted by Gasteiger charge is 2.27. The van der Waals surface area contributed by atoms with E-state index in [1.807, 2.05) is 69.3 Å². The highest BCUT2D eigenvalue weighted by Crippen LogP contribution is 2.21. The van der Waals surface area contributed by atoms with Gasteiger partial charge in [-0.1, -0.05) is 48.5 Å². The number of carbonyl (C=O) groups excluding carboxylic acids is 1. The Morgan fingerprint density at radius 3 is 2.12 bits per heavy atom. The average Bonchev–Trinajstić information content (AvgIpc) is 2.77. The standard InChI is InChI=1S/C25H28N2O4S/c1-4-31-21-13-15-22(16-14-21)32(29,30)27-23(17-20-11-6-5-7-12-20)25(28)26-24-18(2)9-8-10-19(24)3/h5-16,23,27H,4,17H2,1-3H3,(H,26,28)/t23-/m1/s1. The number of sulfonamides is 1. The van der Waals surface area contributed by atoms with Gasteiger partial charge < -0.3 is 10.1 Å². The zero-order valence-electron chi connectivity index (χ0n) is 18.5. The molecule has 3 aromatic carbocycles. The molecule has 1 atom stereocenters. The van der Waals surface area contributed by atoms with Crippen LogP contribution in [0.25, 0.3) is 0 Å². The average molecular weight is 453 g/mol. The van der Waals surface area contributed by atoms with Crippen molar-refractivity contribution in [2.75, 3.05) is 11.9 Å². The van der Waals surface area contributed by atoms with E-state index in [0.717, 1.165) is 16.7 Å². The second-order valence-corrected chi connectivity index (χ2v) is 9.24. The van der Waals surface area contributed by atoms with Crippen molar-refractivity contribution < 1.29 is 17.9 Å². The number of hydrogen-bond acceptors (Lipinski definition) is 4. The molecule has 0 unspecified atom stereocenters. The molecule has 0 saturated carbocycles. The second-order valence-electron chi connectivity index (χ2n) is 7.52. The van der Waals surface area contributed by atoms with E-state index in [4.69, 9.17) is 4.74 Å². The first-order valence-electron chi connectivity index (χ1n) is 10.5. The summed E-state index contributed by atoms with van der Waals surface area (Å²) in [6.45, 7) is 6.15. The molecule has 0 aliphatic heterocycles. The number of aryl methyl sites for hydroxylation is 2. The predicted molar refractivity (Wildman–Crippen MR) is 126 cm³/mol. The molecular formula is C25H28N2O4S. The van der Waals surface area contributed by atoms with Gasteiger partial charge in [0.25, 0.3) is 0 Å². The van der Waals surface area contributed by atoms with E-state index in [9.17, 15) is 13.2 Å². The van der Waals surface area contributed by atoms with E-state index in [2.05, 4.69) is 10.0 Å². The number of para-hydroxylation sites is 1. The summed E-state index contributed by atoms with van der Waals surface area (Å²) in [7, 11) is -3.94. The fraction of sp³-hybridized carbons (Fsp3) is 0.240. The van der Waals surface area contributed by atoms with Gasteiger partial charge >= 0.3 is 0 Å². The fourth-order valence-corrected chi connectivity index (χ4v) is 4.59. The molecule has 2 N–H and O–H groups in total. The molecule has 0 heterocycles. The van der Waals surface area contributed by atoms with Gasteiger partial charge in [0, 0.05) is 5.69 Å². The maximum Gasteiger partial charge on any atom is 0.242 e. The fourth-order valence-electron chi connectivity index (χ4n) is 3.40. The van der Waals surface area contributed by atoms with Gasteiger partial charge in [-0.15, -0.1) is 0 Å². The van der Waals surface area contributed by atoms with E-state index < -0.39 is 22.0 Å². The van der Waals surface area contributed by atoms with Crippen LogP contribution >= 0.6 is 0 Å². The molecule has 0 aliphatic carbocycles. The van der Waals surface area contributed by atoms with Crippen molar-refractivity contribution in [3.63, 3.8) is 0 Å². The minimum atomic E-state index is -3.94. The summed E-state index contributed by atoms with van der Waals surface area (Å²) in [5.41, 5.74) is 3.36. The third kappa shape index (κ3) is 5.96. The van der Waals surface area contributed by atoms with Gasteiger partial charge in [-0.3, -0.25) is 4.79 Å². The smallest absolute Gasteiger partial charge is 0.242 e. The summed E-state index contributed by atoms with van der Waals surface area (Å²) >= 11 is 0. The summed E-state index contributed by atoms with van der Waals surface area (Å²) in [5, 5.41) is 2.91. The number of amides is 1. The maximum absolute atomic E-state index is 13.2. The van der Waals surface area contributed by atoms with Crippen LogP contribution in [-0.4, -0.2) is 27.0 Å². The van der Waals surface area contributed by atoms with Crippen LogP contribution in [0.1, 0.15) is 23.6 Å². The van der Waals surface area contributed by atoms with Crippen molar-refractivity contribution in [1.82, 2.24) is 4.72 Å². The monoisotopic (exact) mass is 452 g/mol. The topological polar surface area (TPSA) is 84.5 Å². The summed E-state index contributed by atoms with van der Waals surface area (Å²) in [5.74, 6) is 0.167. The zero-order chi connectivity index (χ0) is 23.1. The Morgan fingerprint density at radius 2 is 1.53 bits per heavy atom. The van der Waals surface area contributed by atoms with Gasteiger partial charge in [-0.05, 0) is 68.1 Å². The van der Waals surface area contributed by atoms with E-state index in [0.29, 0.717) is 18.0 Å². The van der Waals surface area contributed by atoms with Crippen molar-refractivity contribution in [3.8, 4) is 5.75 Å². The van der Waals surface area contributed by atoms with Gasteiger partial charge in [0.15, 0.2) is 0 Å². The molecule has 0 aliphatic rings. The molecule has 7 heteroatoms.